The maximum Gasteiger partial charge on any atom is 0.257 e. The second kappa shape index (κ2) is 6.65. The van der Waals surface area contributed by atoms with E-state index < -0.39 is 33.5 Å². The van der Waals surface area contributed by atoms with Gasteiger partial charge in [-0.15, -0.1) is 0 Å². The molecule has 1 N–H and O–H groups in total. The van der Waals surface area contributed by atoms with E-state index in [2.05, 4.69) is 5.32 Å². The van der Waals surface area contributed by atoms with Gasteiger partial charge in [-0.2, -0.15) is 0 Å². The monoisotopic (exact) mass is 400 g/mol. The van der Waals surface area contributed by atoms with Crippen LogP contribution in [0.25, 0.3) is 0 Å². The van der Waals surface area contributed by atoms with Gasteiger partial charge in [0.05, 0.1) is 27.7 Å². The van der Waals surface area contributed by atoms with Crippen LogP contribution in [0, 0.1) is 11.6 Å². The average molecular weight is 401 g/mol. The summed E-state index contributed by atoms with van der Waals surface area (Å²) < 4.78 is 51.0. The predicted octanol–water partition coefficient (Wildman–Crippen LogP) is 2.94. The molecular weight excluding hydrogens is 390 g/mol. The molecule has 6 nitrogen and oxygen atoms in total. The number of carbonyl (C=O) groups excluding carboxylic acids is 2. The number of hydrogen-bond donors (Lipinski definition) is 1. The number of halogens is 3. The molecule has 1 saturated heterocycles. The van der Waals surface area contributed by atoms with E-state index in [0.717, 1.165) is 18.2 Å². The van der Waals surface area contributed by atoms with Gasteiger partial charge in [-0.1, -0.05) is 11.6 Å². The van der Waals surface area contributed by atoms with Crippen molar-refractivity contribution in [2.24, 2.45) is 0 Å². The van der Waals surface area contributed by atoms with Crippen LogP contribution in [-0.2, 0) is 14.8 Å². The van der Waals surface area contributed by atoms with Crippen molar-refractivity contribution in [3.63, 3.8) is 0 Å². The highest BCUT2D eigenvalue weighted by Gasteiger charge is 2.36. The van der Waals surface area contributed by atoms with Gasteiger partial charge in [0.25, 0.3) is 5.91 Å². The van der Waals surface area contributed by atoms with Gasteiger partial charge >= 0.3 is 0 Å². The van der Waals surface area contributed by atoms with Crippen LogP contribution in [0.1, 0.15) is 16.8 Å². The topological polar surface area (TPSA) is 83.6 Å². The number of carbonyl (C=O) groups is 2. The molecule has 0 spiro atoms. The highest BCUT2D eigenvalue weighted by atomic mass is 35.5. The Balaban J connectivity index is 1.88. The summed E-state index contributed by atoms with van der Waals surface area (Å²) in [6, 6.07) is 6.29. The van der Waals surface area contributed by atoms with Crippen molar-refractivity contribution in [3.8, 4) is 0 Å². The molecule has 0 aliphatic carbocycles. The SMILES string of the molecule is O=C(Nc1ccc(F)cc1F)c1ccc(N2C(=O)CCS2(=O)=O)cc1Cl. The van der Waals surface area contributed by atoms with Gasteiger partial charge in [-0.3, -0.25) is 9.59 Å². The van der Waals surface area contributed by atoms with Gasteiger partial charge in [0, 0.05) is 12.5 Å². The first-order valence-electron chi connectivity index (χ1n) is 7.31. The Morgan fingerprint density at radius 1 is 1.15 bits per heavy atom. The van der Waals surface area contributed by atoms with Crippen molar-refractivity contribution in [2.75, 3.05) is 15.4 Å². The minimum absolute atomic E-state index is 0.0158. The van der Waals surface area contributed by atoms with Gasteiger partial charge < -0.3 is 5.32 Å². The Hall–Kier alpha value is -2.52. The lowest BCUT2D eigenvalue weighted by molar-refractivity contribution is -0.116. The minimum Gasteiger partial charge on any atom is -0.319 e. The number of nitrogens with one attached hydrogen (secondary N) is 1. The Morgan fingerprint density at radius 2 is 1.88 bits per heavy atom. The lowest BCUT2D eigenvalue weighted by Gasteiger charge is -2.16. The summed E-state index contributed by atoms with van der Waals surface area (Å²) >= 11 is 6.03. The van der Waals surface area contributed by atoms with E-state index in [0.29, 0.717) is 10.4 Å². The predicted molar refractivity (Wildman–Crippen MR) is 91.7 cm³/mol. The van der Waals surface area contributed by atoms with E-state index in [1.807, 2.05) is 0 Å². The maximum absolute atomic E-state index is 13.6. The highest BCUT2D eigenvalue weighted by molar-refractivity contribution is 7.94. The van der Waals surface area contributed by atoms with Crippen molar-refractivity contribution < 1.29 is 26.8 Å². The van der Waals surface area contributed by atoms with Gasteiger partial charge in [-0.05, 0) is 30.3 Å². The molecule has 1 aliphatic rings. The normalized spacial score (nSPS) is 16.0. The van der Waals surface area contributed by atoms with Gasteiger partial charge in [-0.25, -0.2) is 21.5 Å². The maximum atomic E-state index is 13.6. The number of amides is 2. The van der Waals surface area contributed by atoms with Crippen LogP contribution in [-0.4, -0.2) is 26.0 Å². The van der Waals surface area contributed by atoms with Crippen LogP contribution in [0.4, 0.5) is 20.2 Å². The number of anilines is 2. The molecule has 0 radical (unpaired) electrons. The summed E-state index contributed by atoms with van der Waals surface area (Å²) in [5, 5.41) is 2.12. The minimum atomic E-state index is -3.76. The van der Waals surface area contributed by atoms with Crippen LogP contribution in [0.3, 0.4) is 0 Å². The average Bonchev–Trinajstić information content (AvgIpc) is 2.83. The largest absolute Gasteiger partial charge is 0.319 e. The number of sulfonamides is 1. The summed E-state index contributed by atoms with van der Waals surface area (Å²) in [5.74, 6) is -3.41. The molecule has 3 rings (SSSR count). The smallest absolute Gasteiger partial charge is 0.257 e. The van der Waals surface area contributed by atoms with E-state index >= 15 is 0 Å². The van der Waals surface area contributed by atoms with Crippen LogP contribution < -0.4 is 9.62 Å². The fourth-order valence-corrected chi connectivity index (χ4v) is 4.18. The third-order valence-electron chi connectivity index (χ3n) is 3.69. The van der Waals surface area contributed by atoms with Crippen LogP contribution in [0.5, 0.6) is 0 Å². The highest BCUT2D eigenvalue weighted by Crippen LogP contribution is 2.30. The van der Waals surface area contributed by atoms with Crippen molar-refractivity contribution in [1.29, 1.82) is 0 Å². The van der Waals surface area contributed by atoms with E-state index in [9.17, 15) is 26.8 Å². The second-order valence-electron chi connectivity index (χ2n) is 5.47. The Labute approximate surface area is 152 Å². The molecule has 0 unspecified atom stereocenters. The zero-order valence-corrected chi connectivity index (χ0v) is 14.6. The summed E-state index contributed by atoms with van der Waals surface area (Å²) in [6.07, 6.45) is -0.133. The lowest BCUT2D eigenvalue weighted by Crippen LogP contribution is -2.29. The molecule has 136 valence electrons. The van der Waals surface area contributed by atoms with Crippen LogP contribution >= 0.6 is 11.6 Å². The van der Waals surface area contributed by atoms with Crippen molar-refractivity contribution in [1.82, 2.24) is 0 Å². The lowest BCUT2D eigenvalue weighted by atomic mass is 10.1. The quantitative estimate of drug-likeness (QED) is 0.858. The Kier molecular flexibility index (Phi) is 4.68. The fourth-order valence-electron chi connectivity index (χ4n) is 2.46. The molecule has 2 aromatic carbocycles. The summed E-state index contributed by atoms with van der Waals surface area (Å²) in [5.41, 5.74) is -0.293. The number of nitrogens with zero attached hydrogens (tertiary/aromatic N) is 1. The van der Waals surface area contributed by atoms with Crippen molar-refractivity contribution in [3.05, 3.63) is 58.6 Å². The summed E-state index contributed by atoms with van der Waals surface area (Å²) in [4.78, 5) is 24.0. The molecule has 1 aliphatic heterocycles. The number of rotatable bonds is 3. The first-order valence-corrected chi connectivity index (χ1v) is 9.29. The van der Waals surface area contributed by atoms with Crippen molar-refractivity contribution in [2.45, 2.75) is 6.42 Å². The van der Waals surface area contributed by atoms with Gasteiger partial charge in [0.2, 0.25) is 15.9 Å². The third kappa shape index (κ3) is 3.40. The molecule has 2 aromatic rings. The first kappa shape index (κ1) is 18.3. The first-order chi connectivity index (χ1) is 12.2. The molecule has 10 heteroatoms. The van der Waals surface area contributed by atoms with E-state index in [4.69, 9.17) is 11.6 Å². The molecule has 0 saturated carbocycles. The summed E-state index contributed by atoms with van der Waals surface area (Å²) in [7, 11) is -3.76. The summed E-state index contributed by atoms with van der Waals surface area (Å²) in [6.45, 7) is 0. The second-order valence-corrected chi connectivity index (χ2v) is 7.81. The van der Waals surface area contributed by atoms with E-state index in [1.165, 1.54) is 12.1 Å². The Morgan fingerprint density at radius 3 is 2.46 bits per heavy atom. The van der Waals surface area contributed by atoms with E-state index in [-0.39, 0.29) is 34.1 Å². The Bertz CT molecular complexity index is 1030. The number of benzene rings is 2. The molecule has 1 fully saturated rings. The molecule has 1 heterocycles. The standard InChI is InChI=1S/C16H11ClF2N2O4S/c17-12-8-10(21-15(22)5-6-26(21,24)25)2-3-11(12)16(23)20-14-4-1-9(18)7-13(14)19/h1-4,7-8H,5-6H2,(H,20,23). The van der Waals surface area contributed by atoms with Gasteiger partial charge in [0.15, 0.2) is 0 Å². The zero-order chi connectivity index (χ0) is 19.1. The molecule has 2 amide bonds. The van der Waals surface area contributed by atoms with E-state index in [1.54, 1.807) is 0 Å². The molecule has 26 heavy (non-hydrogen) atoms. The fraction of sp³-hybridized carbons (Fsp3) is 0.125. The van der Waals surface area contributed by atoms with Crippen LogP contribution in [0.2, 0.25) is 5.02 Å². The zero-order valence-electron chi connectivity index (χ0n) is 13.0. The van der Waals surface area contributed by atoms with Crippen LogP contribution in [0.15, 0.2) is 36.4 Å². The van der Waals surface area contributed by atoms with Gasteiger partial charge in [0.1, 0.15) is 11.6 Å². The molecule has 0 bridgehead atoms. The molecular formula is C16H11ClF2N2O4S. The third-order valence-corrected chi connectivity index (χ3v) is 5.69. The number of hydrogen-bond acceptors (Lipinski definition) is 4. The molecule has 0 aromatic heterocycles. The molecule has 0 atom stereocenters. The van der Waals surface area contributed by atoms with Crippen molar-refractivity contribution >= 4 is 44.8 Å².